The van der Waals surface area contributed by atoms with Crippen LogP contribution in [0.5, 0.6) is 0 Å². The van der Waals surface area contributed by atoms with Crippen molar-refractivity contribution in [3.05, 3.63) is 24.1 Å². The average molecular weight is 162 g/mol. The van der Waals surface area contributed by atoms with Crippen molar-refractivity contribution in [1.29, 1.82) is 0 Å². The van der Waals surface area contributed by atoms with Crippen LogP contribution in [0.25, 0.3) is 0 Å². The van der Waals surface area contributed by atoms with Crippen LogP contribution in [0.3, 0.4) is 0 Å². The summed E-state index contributed by atoms with van der Waals surface area (Å²) in [7, 11) is 0. The van der Waals surface area contributed by atoms with Crippen molar-refractivity contribution < 1.29 is 0 Å². The Morgan fingerprint density at radius 1 is 1.17 bits per heavy atom. The first kappa shape index (κ1) is 9.63. The van der Waals surface area contributed by atoms with E-state index in [0.29, 0.717) is 18.0 Å². The molecule has 0 aliphatic carbocycles. The van der Waals surface area contributed by atoms with E-state index in [1.165, 1.54) is 6.32 Å². The van der Waals surface area contributed by atoms with Crippen LogP contribution in [-0.2, 0) is 0 Å². The quantitative estimate of drug-likeness (QED) is 0.518. The van der Waals surface area contributed by atoms with Gasteiger partial charge in [0.1, 0.15) is 0 Å². The normalized spacial score (nSPS) is 18.8. The Labute approximate surface area is 76.8 Å². The second-order valence-corrected chi connectivity index (χ2v) is 4.73. The molecule has 0 amide bonds. The monoisotopic (exact) mass is 162 g/mol. The summed E-state index contributed by atoms with van der Waals surface area (Å²) in [4.78, 5) is 0. The predicted octanol–water partition coefficient (Wildman–Crippen LogP) is 3.37. The van der Waals surface area contributed by atoms with Gasteiger partial charge in [-0.3, -0.25) is 0 Å². The van der Waals surface area contributed by atoms with Crippen molar-refractivity contribution in [2.24, 2.45) is 11.3 Å². The minimum Gasteiger partial charge on any atom is -0.114 e. The molecule has 1 aliphatic heterocycles. The van der Waals surface area contributed by atoms with Crippen molar-refractivity contribution in [3.8, 4) is 0 Å². The van der Waals surface area contributed by atoms with E-state index in [0.717, 1.165) is 0 Å². The van der Waals surface area contributed by atoms with E-state index < -0.39 is 0 Å². The number of hydrogen-bond acceptors (Lipinski definition) is 0. The fraction of sp³-hybridized carbons (Fsp3) is 0.636. The molecule has 0 fully saturated rings. The molecule has 0 aromatic carbocycles. The maximum Gasteiger partial charge on any atom is 0.191 e. The van der Waals surface area contributed by atoms with Gasteiger partial charge in [0.05, 0.1) is 0 Å². The molecule has 1 rings (SSSR count). The van der Waals surface area contributed by atoms with Crippen molar-refractivity contribution in [2.45, 2.75) is 34.0 Å². The van der Waals surface area contributed by atoms with Gasteiger partial charge in [0, 0.05) is 0 Å². The zero-order valence-corrected chi connectivity index (χ0v) is 8.67. The SMILES string of the molecule is CCB1C=CC(C(C)(C)C)C=C1. The number of allylic oxidation sites excluding steroid dienone is 2. The maximum atomic E-state index is 2.36. The van der Waals surface area contributed by atoms with Gasteiger partial charge in [-0.1, -0.05) is 46.2 Å². The third-order valence-corrected chi connectivity index (χ3v) is 2.60. The van der Waals surface area contributed by atoms with Gasteiger partial charge in [0.2, 0.25) is 0 Å². The number of rotatable bonds is 1. The van der Waals surface area contributed by atoms with E-state index >= 15 is 0 Å². The van der Waals surface area contributed by atoms with Gasteiger partial charge in [-0.25, -0.2) is 0 Å². The first-order valence-corrected chi connectivity index (χ1v) is 4.90. The third-order valence-electron chi connectivity index (χ3n) is 2.60. The summed E-state index contributed by atoms with van der Waals surface area (Å²) in [5.41, 5.74) is 0.381. The summed E-state index contributed by atoms with van der Waals surface area (Å²) in [6.07, 6.45) is 5.94. The molecule has 0 bridgehead atoms. The van der Waals surface area contributed by atoms with E-state index in [-0.39, 0.29) is 0 Å². The zero-order chi connectivity index (χ0) is 9.19. The van der Waals surface area contributed by atoms with Crippen LogP contribution >= 0.6 is 0 Å². The van der Waals surface area contributed by atoms with Crippen LogP contribution in [0, 0.1) is 11.3 Å². The maximum absolute atomic E-state index is 2.36. The van der Waals surface area contributed by atoms with E-state index in [1.54, 1.807) is 0 Å². The highest BCUT2D eigenvalue weighted by atomic mass is 14.2. The minimum atomic E-state index is 0.381. The first-order chi connectivity index (χ1) is 5.54. The largest absolute Gasteiger partial charge is 0.191 e. The Bertz CT molecular complexity index is 182. The Kier molecular flexibility index (Phi) is 2.82. The summed E-state index contributed by atoms with van der Waals surface area (Å²) in [5, 5.41) is 0. The van der Waals surface area contributed by atoms with Gasteiger partial charge >= 0.3 is 0 Å². The van der Waals surface area contributed by atoms with Crippen molar-refractivity contribution in [1.82, 2.24) is 0 Å². The lowest BCUT2D eigenvalue weighted by Crippen LogP contribution is -2.20. The highest BCUT2D eigenvalue weighted by Crippen LogP contribution is 2.30. The topological polar surface area (TPSA) is 0 Å². The van der Waals surface area contributed by atoms with E-state index in [4.69, 9.17) is 0 Å². The standard InChI is InChI=1S/C11H19B/c1-5-12-8-6-10(7-9-12)11(2,3)4/h6-10H,5H2,1-4H3. The molecule has 1 aliphatic rings. The summed E-state index contributed by atoms with van der Waals surface area (Å²) in [6.45, 7) is 9.79. The van der Waals surface area contributed by atoms with E-state index in [2.05, 4.69) is 51.8 Å². The van der Waals surface area contributed by atoms with E-state index in [1.807, 2.05) is 0 Å². The molecule has 0 aromatic heterocycles. The number of hydrogen-bond donors (Lipinski definition) is 0. The Balaban J connectivity index is 2.61. The second-order valence-electron chi connectivity index (χ2n) is 4.73. The van der Waals surface area contributed by atoms with Gasteiger partial charge in [0.25, 0.3) is 0 Å². The lowest BCUT2D eigenvalue weighted by molar-refractivity contribution is 0.343. The van der Waals surface area contributed by atoms with Crippen molar-refractivity contribution in [3.63, 3.8) is 0 Å². The summed E-state index contributed by atoms with van der Waals surface area (Å²) in [6, 6.07) is 0. The molecule has 0 nitrogen and oxygen atoms in total. The van der Waals surface area contributed by atoms with Crippen LogP contribution in [0.1, 0.15) is 27.7 Å². The molecule has 1 heterocycles. The van der Waals surface area contributed by atoms with Gasteiger partial charge < -0.3 is 0 Å². The molecule has 0 radical (unpaired) electrons. The van der Waals surface area contributed by atoms with Crippen LogP contribution in [-0.4, -0.2) is 6.71 Å². The lowest BCUT2D eigenvalue weighted by Gasteiger charge is -2.27. The molecular formula is C11H19B. The Morgan fingerprint density at radius 3 is 2.00 bits per heavy atom. The Morgan fingerprint density at radius 2 is 1.67 bits per heavy atom. The molecule has 0 saturated carbocycles. The summed E-state index contributed by atoms with van der Waals surface area (Å²) in [5.74, 6) is 5.31. The van der Waals surface area contributed by atoms with E-state index in [9.17, 15) is 0 Å². The average Bonchev–Trinajstić information content (AvgIpc) is 2.03. The van der Waals surface area contributed by atoms with Gasteiger partial charge in [-0.2, -0.15) is 0 Å². The van der Waals surface area contributed by atoms with Crippen LogP contribution in [0.4, 0.5) is 0 Å². The molecule has 0 aromatic rings. The van der Waals surface area contributed by atoms with Gasteiger partial charge in [-0.15, -0.1) is 12.0 Å². The molecule has 12 heavy (non-hydrogen) atoms. The molecule has 0 spiro atoms. The summed E-state index contributed by atoms with van der Waals surface area (Å²) < 4.78 is 0. The minimum absolute atomic E-state index is 0.381. The molecule has 0 atom stereocenters. The predicted molar refractivity (Wildman–Crippen MR) is 57.5 cm³/mol. The highest BCUT2D eigenvalue weighted by molar-refractivity contribution is 6.69. The van der Waals surface area contributed by atoms with Gasteiger partial charge in [0.15, 0.2) is 6.71 Å². The third kappa shape index (κ3) is 2.26. The van der Waals surface area contributed by atoms with Crippen molar-refractivity contribution in [2.75, 3.05) is 0 Å². The first-order valence-electron chi connectivity index (χ1n) is 4.90. The fourth-order valence-electron chi connectivity index (χ4n) is 1.50. The summed E-state index contributed by atoms with van der Waals surface area (Å²) >= 11 is 0. The smallest absolute Gasteiger partial charge is 0.114 e. The van der Waals surface area contributed by atoms with Crippen LogP contribution in [0.15, 0.2) is 24.1 Å². The highest BCUT2D eigenvalue weighted by Gasteiger charge is 2.22. The second kappa shape index (κ2) is 3.51. The molecule has 1 heteroatoms. The lowest BCUT2D eigenvalue weighted by atomic mass is 9.45. The molecule has 0 unspecified atom stereocenters. The van der Waals surface area contributed by atoms with Crippen LogP contribution in [0.2, 0.25) is 6.32 Å². The molecular weight excluding hydrogens is 143 g/mol. The Hall–Kier alpha value is -0.455. The van der Waals surface area contributed by atoms with Crippen molar-refractivity contribution >= 4 is 6.71 Å². The van der Waals surface area contributed by atoms with Gasteiger partial charge in [-0.05, 0) is 11.3 Å². The van der Waals surface area contributed by atoms with Crippen LogP contribution < -0.4 is 0 Å². The molecule has 0 N–H and O–H groups in total. The fourth-order valence-corrected chi connectivity index (χ4v) is 1.50. The molecule has 0 saturated heterocycles. The molecule has 66 valence electrons. The zero-order valence-electron chi connectivity index (χ0n) is 8.67.